The number of hydrogen-bond acceptors (Lipinski definition) is 2. The average Bonchev–Trinajstić information content (AvgIpc) is 2.61. The topological polar surface area (TPSA) is 20.2 Å². The van der Waals surface area contributed by atoms with Crippen molar-refractivity contribution in [3.05, 3.63) is 54.1 Å². The first-order valence-corrected chi connectivity index (χ1v) is 7.25. The highest BCUT2D eigenvalue weighted by atomic mass is 79.9. The molecule has 0 aliphatic rings. The fraction of sp³-hybridized carbons (Fsp3) is 0.167. The summed E-state index contributed by atoms with van der Waals surface area (Å²) in [6, 6.07) is 7.17. The zero-order valence-electron chi connectivity index (χ0n) is 8.88. The third kappa shape index (κ3) is 2.69. The van der Waals surface area contributed by atoms with Gasteiger partial charge in [-0.05, 0) is 40.5 Å². The molecule has 0 aliphatic carbocycles. The zero-order chi connectivity index (χ0) is 12.6. The average molecular weight is 352 g/mol. The number of aryl methyl sites for hydroxylation is 1. The van der Waals surface area contributed by atoms with Gasteiger partial charge in [-0.25, -0.2) is 0 Å². The van der Waals surface area contributed by atoms with Crippen molar-refractivity contribution in [3.63, 3.8) is 0 Å². The quantitative estimate of drug-likeness (QED) is 0.787. The Morgan fingerprint density at radius 1 is 1.29 bits per heavy atom. The first kappa shape index (κ1) is 13.4. The van der Waals surface area contributed by atoms with Crippen molar-refractivity contribution in [2.45, 2.75) is 13.0 Å². The van der Waals surface area contributed by atoms with Crippen LogP contribution in [0, 0.1) is 6.92 Å². The molecule has 0 saturated carbocycles. The van der Waals surface area contributed by atoms with Gasteiger partial charge in [0.1, 0.15) is 6.10 Å². The van der Waals surface area contributed by atoms with Gasteiger partial charge in [-0.1, -0.05) is 35.3 Å². The number of aliphatic hydroxyl groups excluding tert-OH is 1. The minimum absolute atomic E-state index is 0.406. The predicted octanol–water partition coefficient (Wildman–Crippen LogP) is 5.21. The maximum absolute atomic E-state index is 10.3. The lowest BCUT2D eigenvalue weighted by Gasteiger charge is -2.13. The molecule has 2 aromatic rings. The number of rotatable bonds is 2. The minimum atomic E-state index is -0.747. The van der Waals surface area contributed by atoms with Crippen LogP contribution in [0.1, 0.15) is 22.1 Å². The molecule has 0 aliphatic heterocycles. The molecular formula is C12H9BrCl2OS. The standard InChI is InChI=1S/C12H9BrCl2OS/c1-6-8(5-10(13)17-6)12(16)7-3-2-4-9(14)11(7)15/h2-5,12,16H,1H3. The van der Waals surface area contributed by atoms with Crippen LogP contribution in [0.4, 0.5) is 0 Å². The molecule has 0 saturated heterocycles. The van der Waals surface area contributed by atoms with E-state index in [-0.39, 0.29) is 0 Å². The van der Waals surface area contributed by atoms with E-state index in [9.17, 15) is 5.11 Å². The summed E-state index contributed by atoms with van der Waals surface area (Å²) >= 11 is 17.0. The summed E-state index contributed by atoms with van der Waals surface area (Å²) in [5.74, 6) is 0. The molecular weight excluding hydrogens is 343 g/mol. The number of aliphatic hydroxyl groups is 1. The van der Waals surface area contributed by atoms with Crippen LogP contribution in [0.25, 0.3) is 0 Å². The summed E-state index contributed by atoms with van der Waals surface area (Å²) in [4.78, 5) is 1.06. The molecule has 0 radical (unpaired) electrons. The number of thiophene rings is 1. The molecule has 90 valence electrons. The largest absolute Gasteiger partial charge is 0.384 e. The highest BCUT2D eigenvalue weighted by Crippen LogP contribution is 2.37. The van der Waals surface area contributed by atoms with Crippen molar-refractivity contribution in [3.8, 4) is 0 Å². The molecule has 1 atom stereocenters. The first-order valence-electron chi connectivity index (χ1n) is 4.88. The summed E-state index contributed by atoms with van der Waals surface area (Å²) in [6.45, 7) is 1.96. The fourth-order valence-corrected chi connectivity index (χ4v) is 3.78. The van der Waals surface area contributed by atoms with E-state index in [2.05, 4.69) is 15.9 Å². The maximum atomic E-state index is 10.3. The van der Waals surface area contributed by atoms with Crippen LogP contribution in [-0.2, 0) is 0 Å². The predicted molar refractivity (Wildman–Crippen MR) is 77.3 cm³/mol. The maximum Gasteiger partial charge on any atom is 0.107 e. The van der Waals surface area contributed by atoms with Gasteiger partial charge in [0.25, 0.3) is 0 Å². The molecule has 17 heavy (non-hydrogen) atoms. The van der Waals surface area contributed by atoms with Gasteiger partial charge in [0.05, 0.1) is 13.8 Å². The zero-order valence-corrected chi connectivity index (χ0v) is 12.8. The molecule has 1 aromatic heterocycles. The van der Waals surface area contributed by atoms with Crippen LogP contribution < -0.4 is 0 Å². The molecule has 0 amide bonds. The SMILES string of the molecule is Cc1sc(Br)cc1C(O)c1cccc(Cl)c1Cl. The van der Waals surface area contributed by atoms with Gasteiger partial charge in [-0.3, -0.25) is 0 Å². The number of benzene rings is 1. The summed E-state index contributed by atoms with van der Waals surface area (Å²) in [7, 11) is 0. The van der Waals surface area contributed by atoms with Crippen molar-refractivity contribution in [1.82, 2.24) is 0 Å². The summed E-state index contributed by atoms with van der Waals surface area (Å²) < 4.78 is 0.988. The molecule has 1 heterocycles. The molecule has 0 bridgehead atoms. The lowest BCUT2D eigenvalue weighted by molar-refractivity contribution is 0.220. The van der Waals surface area contributed by atoms with Gasteiger partial charge < -0.3 is 5.11 Å². The molecule has 0 spiro atoms. The Labute approximate surface area is 122 Å². The van der Waals surface area contributed by atoms with E-state index >= 15 is 0 Å². The van der Waals surface area contributed by atoms with Crippen molar-refractivity contribution >= 4 is 50.5 Å². The van der Waals surface area contributed by atoms with Crippen LogP contribution in [0.3, 0.4) is 0 Å². The van der Waals surface area contributed by atoms with Crippen LogP contribution >= 0.6 is 50.5 Å². The van der Waals surface area contributed by atoms with Gasteiger partial charge in [-0.2, -0.15) is 0 Å². The van der Waals surface area contributed by atoms with Gasteiger partial charge >= 0.3 is 0 Å². The Morgan fingerprint density at radius 2 is 2.00 bits per heavy atom. The Bertz CT molecular complexity index is 553. The van der Waals surface area contributed by atoms with Crippen LogP contribution in [-0.4, -0.2) is 5.11 Å². The molecule has 1 nitrogen and oxygen atoms in total. The summed E-state index contributed by atoms with van der Waals surface area (Å²) in [5.41, 5.74) is 1.48. The second kappa shape index (κ2) is 5.29. The number of hydrogen-bond donors (Lipinski definition) is 1. The second-order valence-electron chi connectivity index (χ2n) is 3.61. The highest BCUT2D eigenvalue weighted by Gasteiger charge is 2.19. The van der Waals surface area contributed by atoms with E-state index in [1.165, 1.54) is 0 Å². The van der Waals surface area contributed by atoms with E-state index < -0.39 is 6.10 Å². The normalized spacial score (nSPS) is 12.8. The lowest BCUT2D eigenvalue weighted by Crippen LogP contribution is -2.00. The highest BCUT2D eigenvalue weighted by molar-refractivity contribution is 9.11. The van der Waals surface area contributed by atoms with E-state index in [4.69, 9.17) is 23.2 Å². The first-order chi connectivity index (χ1) is 8.00. The van der Waals surface area contributed by atoms with Gasteiger partial charge in [0, 0.05) is 10.4 Å². The Balaban J connectivity index is 2.47. The molecule has 1 N–H and O–H groups in total. The van der Waals surface area contributed by atoms with Crippen LogP contribution in [0.15, 0.2) is 28.1 Å². The summed E-state index contributed by atoms with van der Waals surface area (Å²) in [6.07, 6.45) is -0.747. The minimum Gasteiger partial charge on any atom is -0.384 e. The Hall–Kier alpha value is -0.0600. The third-order valence-electron chi connectivity index (χ3n) is 2.50. The monoisotopic (exact) mass is 350 g/mol. The number of halogens is 3. The van der Waals surface area contributed by atoms with Gasteiger partial charge in [0.15, 0.2) is 0 Å². The van der Waals surface area contributed by atoms with E-state index in [0.29, 0.717) is 15.6 Å². The van der Waals surface area contributed by atoms with Crippen LogP contribution in [0.5, 0.6) is 0 Å². The Kier molecular flexibility index (Phi) is 4.16. The van der Waals surface area contributed by atoms with E-state index in [1.807, 2.05) is 13.0 Å². The van der Waals surface area contributed by atoms with Gasteiger partial charge in [0.2, 0.25) is 0 Å². The molecule has 5 heteroatoms. The molecule has 1 unspecified atom stereocenters. The molecule has 0 fully saturated rings. The van der Waals surface area contributed by atoms with Crippen molar-refractivity contribution in [2.24, 2.45) is 0 Å². The second-order valence-corrected chi connectivity index (χ2v) is 7.03. The lowest BCUT2D eigenvalue weighted by atomic mass is 10.0. The van der Waals surface area contributed by atoms with E-state index in [1.54, 1.807) is 29.5 Å². The molecule has 1 aromatic carbocycles. The summed E-state index contributed by atoms with van der Waals surface area (Å²) in [5, 5.41) is 11.2. The van der Waals surface area contributed by atoms with Crippen LogP contribution in [0.2, 0.25) is 10.0 Å². The molecule has 2 rings (SSSR count). The van der Waals surface area contributed by atoms with Gasteiger partial charge in [-0.15, -0.1) is 11.3 Å². The third-order valence-corrected chi connectivity index (χ3v) is 4.90. The smallest absolute Gasteiger partial charge is 0.107 e. The van der Waals surface area contributed by atoms with Crippen molar-refractivity contribution < 1.29 is 5.11 Å². The van der Waals surface area contributed by atoms with Crippen molar-refractivity contribution in [1.29, 1.82) is 0 Å². The van der Waals surface area contributed by atoms with E-state index in [0.717, 1.165) is 14.2 Å². The Morgan fingerprint density at radius 3 is 2.59 bits per heavy atom. The van der Waals surface area contributed by atoms with Crippen molar-refractivity contribution in [2.75, 3.05) is 0 Å². The fourth-order valence-electron chi connectivity index (χ4n) is 1.63.